The van der Waals surface area contributed by atoms with E-state index in [-0.39, 0.29) is 11.9 Å². The fourth-order valence-electron chi connectivity index (χ4n) is 3.95. The Hall–Kier alpha value is -2.23. The van der Waals surface area contributed by atoms with Crippen molar-refractivity contribution in [3.05, 3.63) is 17.7 Å². The molecule has 2 aromatic heterocycles. The summed E-state index contributed by atoms with van der Waals surface area (Å²) in [5.41, 5.74) is 0.980. The number of carbonyl (C=O) groups is 1. The van der Waals surface area contributed by atoms with Crippen molar-refractivity contribution in [3.63, 3.8) is 0 Å². The van der Waals surface area contributed by atoms with E-state index in [0.717, 1.165) is 58.2 Å². The van der Waals surface area contributed by atoms with Crippen LogP contribution in [0.5, 0.6) is 0 Å². The van der Waals surface area contributed by atoms with Gasteiger partial charge < -0.3 is 24.1 Å². The number of ether oxygens (including phenoxy) is 2. The zero-order valence-electron chi connectivity index (χ0n) is 17.1. The van der Waals surface area contributed by atoms with Gasteiger partial charge in [0.2, 0.25) is 5.71 Å². The molecule has 1 N–H and O–H groups in total. The molecule has 29 heavy (non-hydrogen) atoms. The second-order valence-corrected chi connectivity index (χ2v) is 7.50. The fourth-order valence-corrected chi connectivity index (χ4v) is 3.95. The number of aryl methyl sites for hydroxylation is 1. The summed E-state index contributed by atoms with van der Waals surface area (Å²) in [6.07, 6.45) is 2.34. The largest absolute Gasteiger partial charge is 0.442 e. The molecule has 2 fully saturated rings. The van der Waals surface area contributed by atoms with Crippen LogP contribution in [0.15, 0.2) is 10.7 Å². The number of morpholine rings is 2. The Labute approximate surface area is 170 Å². The second kappa shape index (κ2) is 9.06. The molecule has 0 aliphatic carbocycles. The highest BCUT2D eigenvalue weighted by molar-refractivity contribution is 6.10. The van der Waals surface area contributed by atoms with E-state index in [1.165, 1.54) is 6.33 Å². The first-order valence-corrected chi connectivity index (χ1v) is 10.3. The first-order valence-electron chi connectivity index (χ1n) is 10.3. The lowest BCUT2D eigenvalue weighted by molar-refractivity contribution is 0.0331. The Kier molecular flexibility index (Phi) is 6.27. The van der Waals surface area contributed by atoms with Crippen LogP contribution in [0.25, 0.3) is 11.1 Å². The summed E-state index contributed by atoms with van der Waals surface area (Å²) < 4.78 is 16.7. The minimum atomic E-state index is -0.134. The molecule has 0 bridgehead atoms. The van der Waals surface area contributed by atoms with Gasteiger partial charge in [0.15, 0.2) is 0 Å². The molecule has 0 aromatic carbocycles. The van der Waals surface area contributed by atoms with Crippen LogP contribution in [-0.2, 0) is 9.47 Å². The molecule has 9 nitrogen and oxygen atoms in total. The van der Waals surface area contributed by atoms with Gasteiger partial charge in [0.25, 0.3) is 5.91 Å². The maximum atomic E-state index is 13.3. The molecule has 0 unspecified atom stereocenters. The van der Waals surface area contributed by atoms with E-state index in [1.807, 2.05) is 6.92 Å². The summed E-state index contributed by atoms with van der Waals surface area (Å²) in [6.45, 7) is 10.7. The molecule has 0 spiro atoms. The molecule has 2 aliphatic heterocycles. The highest BCUT2D eigenvalue weighted by Gasteiger charge is 2.27. The summed E-state index contributed by atoms with van der Waals surface area (Å²) in [6, 6.07) is 0.0569. The maximum absolute atomic E-state index is 13.3. The van der Waals surface area contributed by atoms with E-state index in [4.69, 9.17) is 13.9 Å². The smallest absolute Gasteiger partial charge is 0.255 e. The van der Waals surface area contributed by atoms with E-state index in [1.54, 1.807) is 0 Å². The number of anilines is 1. The Balaban J connectivity index is 1.58. The number of hydrogen-bond donors (Lipinski definition) is 1. The van der Waals surface area contributed by atoms with E-state index >= 15 is 0 Å². The maximum Gasteiger partial charge on any atom is 0.255 e. The fraction of sp³-hybridized carbons (Fsp3) is 0.650. The van der Waals surface area contributed by atoms with E-state index in [9.17, 15) is 4.79 Å². The summed E-state index contributed by atoms with van der Waals surface area (Å²) in [7, 11) is 0. The standard InChI is InChI=1S/C20H29N5O4/c1-3-15(12-24-4-8-27-9-5-24)23-19(26)16-14(2)29-20-17(16)18(21-13-22-20)25-6-10-28-11-7-25/h13,15H,3-12H2,1-2H3,(H,23,26)/t15-/m0/s1. The molecule has 158 valence electrons. The van der Waals surface area contributed by atoms with Gasteiger partial charge >= 0.3 is 0 Å². The van der Waals surface area contributed by atoms with Crippen molar-refractivity contribution in [1.29, 1.82) is 0 Å². The monoisotopic (exact) mass is 403 g/mol. The molecule has 2 aliphatic rings. The number of carbonyl (C=O) groups excluding carboxylic acids is 1. The SMILES string of the molecule is CC[C@@H](CN1CCOCC1)NC(=O)c1c(C)oc2ncnc(N3CCOCC3)c12. The lowest BCUT2D eigenvalue weighted by Gasteiger charge is -2.30. The quantitative estimate of drug-likeness (QED) is 0.769. The van der Waals surface area contributed by atoms with E-state index < -0.39 is 0 Å². The van der Waals surface area contributed by atoms with Gasteiger partial charge in [-0.05, 0) is 13.3 Å². The van der Waals surface area contributed by atoms with Crippen LogP contribution in [-0.4, -0.2) is 86.0 Å². The summed E-state index contributed by atoms with van der Waals surface area (Å²) in [5, 5.41) is 3.89. The molecule has 0 radical (unpaired) electrons. The number of fused-ring (bicyclic) bond motifs is 1. The van der Waals surface area contributed by atoms with Gasteiger partial charge in [-0.1, -0.05) is 6.92 Å². The lowest BCUT2D eigenvalue weighted by Crippen LogP contribution is -2.47. The topological polar surface area (TPSA) is 93.0 Å². The molecular weight excluding hydrogens is 374 g/mol. The molecule has 2 saturated heterocycles. The molecule has 4 heterocycles. The minimum absolute atomic E-state index is 0.0569. The number of amides is 1. The van der Waals surface area contributed by atoms with Crippen molar-refractivity contribution in [1.82, 2.24) is 20.2 Å². The van der Waals surface area contributed by atoms with Gasteiger partial charge in [-0.2, -0.15) is 0 Å². The predicted octanol–water partition coefficient (Wildman–Crippen LogP) is 1.21. The Morgan fingerprint density at radius 3 is 2.52 bits per heavy atom. The predicted molar refractivity (Wildman–Crippen MR) is 108 cm³/mol. The first-order chi connectivity index (χ1) is 14.2. The van der Waals surface area contributed by atoms with Crippen molar-refractivity contribution in [3.8, 4) is 0 Å². The molecule has 4 rings (SSSR count). The van der Waals surface area contributed by atoms with Crippen LogP contribution < -0.4 is 10.2 Å². The number of rotatable bonds is 6. The van der Waals surface area contributed by atoms with Crippen LogP contribution in [0, 0.1) is 6.92 Å². The summed E-state index contributed by atoms with van der Waals surface area (Å²) >= 11 is 0. The highest BCUT2D eigenvalue weighted by atomic mass is 16.5. The van der Waals surface area contributed by atoms with Gasteiger partial charge in [-0.25, -0.2) is 9.97 Å². The molecule has 1 atom stereocenters. The van der Waals surface area contributed by atoms with Gasteiger partial charge in [0, 0.05) is 38.8 Å². The van der Waals surface area contributed by atoms with E-state index in [2.05, 4.69) is 32.0 Å². The number of aromatic nitrogens is 2. The van der Waals surface area contributed by atoms with Crippen molar-refractivity contribution in [2.75, 3.05) is 64.1 Å². The highest BCUT2D eigenvalue weighted by Crippen LogP contribution is 2.31. The van der Waals surface area contributed by atoms with E-state index in [0.29, 0.717) is 35.6 Å². The normalized spacial score (nSPS) is 19.4. The van der Waals surface area contributed by atoms with Crippen LogP contribution in [0.2, 0.25) is 0 Å². The molecule has 0 saturated carbocycles. The van der Waals surface area contributed by atoms with Crippen molar-refractivity contribution >= 4 is 22.8 Å². The summed E-state index contributed by atoms with van der Waals surface area (Å²) in [4.78, 5) is 26.5. The van der Waals surface area contributed by atoms with Crippen molar-refractivity contribution in [2.24, 2.45) is 0 Å². The van der Waals surface area contributed by atoms with Crippen LogP contribution in [0.3, 0.4) is 0 Å². The molecular formula is C20H29N5O4. The lowest BCUT2D eigenvalue weighted by atomic mass is 10.1. The second-order valence-electron chi connectivity index (χ2n) is 7.50. The number of nitrogens with one attached hydrogen (secondary N) is 1. The number of hydrogen-bond acceptors (Lipinski definition) is 8. The molecule has 1 amide bonds. The first kappa shape index (κ1) is 20.1. The van der Waals surface area contributed by atoms with Crippen LogP contribution in [0.1, 0.15) is 29.5 Å². The van der Waals surface area contributed by atoms with Gasteiger partial charge in [0.1, 0.15) is 17.9 Å². The van der Waals surface area contributed by atoms with Crippen molar-refractivity contribution < 1.29 is 18.7 Å². The van der Waals surface area contributed by atoms with Crippen molar-refractivity contribution in [2.45, 2.75) is 26.3 Å². The summed E-state index contributed by atoms with van der Waals surface area (Å²) in [5.74, 6) is 1.17. The third-order valence-corrected chi connectivity index (χ3v) is 5.59. The van der Waals surface area contributed by atoms with Gasteiger partial charge in [-0.3, -0.25) is 9.69 Å². The average Bonchev–Trinajstić information content (AvgIpc) is 3.10. The third-order valence-electron chi connectivity index (χ3n) is 5.59. The number of nitrogens with zero attached hydrogens (tertiary/aromatic N) is 4. The minimum Gasteiger partial charge on any atom is -0.442 e. The average molecular weight is 403 g/mol. The van der Waals surface area contributed by atoms with Gasteiger partial charge in [0.05, 0.1) is 37.4 Å². The number of furan rings is 1. The van der Waals surface area contributed by atoms with Gasteiger partial charge in [-0.15, -0.1) is 0 Å². The Morgan fingerprint density at radius 2 is 1.83 bits per heavy atom. The Morgan fingerprint density at radius 1 is 1.14 bits per heavy atom. The molecule has 2 aromatic rings. The van der Waals surface area contributed by atoms with Crippen LogP contribution in [0.4, 0.5) is 5.82 Å². The Bertz CT molecular complexity index is 843. The molecule has 9 heteroatoms. The zero-order valence-corrected chi connectivity index (χ0v) is 17.1. The third kappa shape index (κ3) is 4.36. The van der Waals surface area contributed by atoms with Crippen LogP contribution >= 0.6 is 0 Å². The zero-order chi connectivity index (χ0) is 20.2.